The standard InChI is InChI=1S/C33H32Cl2N6O4/c1-18-15-25-28(17-40(18)31(44)23-11-14-26(34)27(35)16-23)39-33(38-19(2)20-5-7-21(8-6-20)29(42)36-3)41(32(25)45)24-12-9-22(10-13-24)30(43)37-4/h5-14,16,18-19H,15,17H2,1-4H3,(H,36,42)(H,37,43)(H,38,39)/t18-,19?/m1/s1. The van der Waals surface area contributed by atoms with Crippen LogP contribution in [0.15, 0.2) is 71.5 Å². The number of amides is 3. The molecule has 0 saturated heterocycles. The Hall–Kier alpha value is -4.67. The van der Waals surface area contributed by atoms with Crippen molar-refractivity contribution in [3.8, 4) is 5.69 Å². The number of anilines is 1. The van der Waals surface area contributed by atoms with Gasteiger partial charge in [-0.2, -0.15) is 0 Å². The Bertz CT molecular complexity index is 1840. The highest BCUT2D eigenvalue weighted by molar-refractivity contribution is 6.42. The predicted octanol–water partition coefficient (Wildman–Crippen LogP) is 5.02. The van der Waals surface area contributed by atoms with Crippen LogP contribution in [0.2, 0.25) is 10.0 Å². The Morgan fingerprint density at radius 2 is 1.44 bits per heavy atom. The molecule has 10 nitrogen and oxygen atoms in total. The van der Waals surface area contributed by atoms with Crippen molar-refractivity contribution < 1.29 is 14.4 Å². The van der Waals surface area contributed by atoms with Crippen molar-refractivity contribution in [2.75, 3.05) is 19.4 Å². The number of carbonyl (C=O) groups excluding carboxylic acids is 3. The van der Waals surface area contributed by atoms with E-state index < -0.39 is 0 Å². The summed E-state index contributed by atoms with van der Waals surface area (Å²) in [7, 11) is 3.12. The molecule has 3 aromatic carbocycles. The Morgan fingerprint density at radius 1 is 0.867 bits per heavy atom. The normalized spacial score (nSPS) is 14.7. The lowest BCUT2D eigenvalue weighted by molar-refractivity contribution is 0.0653. The minimum Gasteiger partial charge on any atom is -0.355 e. The zero-order valence-electron chi connectivity index (χ0n) is 25.2. The van der Waals surface area contributed by atoms with E-state index in [-0.39, 0.29) is 52.9 Å². The number of fused-ring (bicyclic) bond motifs is 1. The fraction of sp³-hybridized carbons (Fsp3) is 0.242. The lowest BCUT2D eigenvalue weighted by atomic mass is 9.98. The van der Waals surface area contributed by atoms with Crippen molar-refractivity contribution in [1.29, 1.82) is 0 Å². The fourth-order valence-corrected chi connectivity index (χ4v) is 5.61. The van der Waals surface area contributed by atoms with Crippen molar-refractivity contribution in [1.82, 2.24) is 25.1 Å². The number of hydrogen-bond donors (Lipinski definition) is 3. The van der Waals surface area contributed by atoms with Crippen LogP contribution in [0.25, 0.3) is 5.69 Å². The van der Waals surface area contributed by atoms with Crippen LogP contribution in [0.1, 0.15) is 67.8 Å². The van der Waals surface area contributed by atoms with E-state index in [1.165, 1.54) is 10.6 Å². The maximum atomic E-state index is 14.2. The monoisotopic (exact) mass is 646 g/mol. The molecule has 0 saturated carbocycles. The maximum absolute atomic E-state index is 14.2. The fourth-order valence-electron chi connectivity index (χ4n) is 5.31. The van der Waals surface area contributed by atoms with Crippen molar-refractivity contribution in [3.63, 3.8) is 0 Å². The summed E-state index contributed by atoms with van der Waals surface area (Å²) in [6.07, 6.45) is 0.293. The molecular weight excluding hydrogens is 615 g/mol. The number of nitrogens with zero attached hydrogens (tertiary/aromatic N) is 3. The zero-order valence-corrected chi connectivity index (χ0v) is 26.7. The second-order valence-electron chi connectivity index (χ2n) is 10.8. The summed E-state index contributed by atoms with van der Waals surface area (Å²) in [6.45, 7) is 3.92. The molecule has 1 unspecified atom stereocenters. The summed E-state index contributed by atoms with van der Waals surface area (Å²) in [5, 5.41) is 9.20. The highest BCUT2D eigenvalue weighted by Crippen LogP contribution is 2.28. The largest absolute Gasteiger partial charge is 0.355 e. The van der Waals surface area contributed by atoms with Crippen molar-refractivity contribution in [2.24, 2.45) is 0 Å². The van der Waals surface area contributed by atoms with Gasteiger partial charge in [-0.15, -0.1) is 0 Å². The molecule has 1 aliphatic rings. The van der Waals surface area contributed by atoms with Crippen LogP contribution >= 0.6 is 23.2 Å². The van der Waals surface area contributed by atoms with Crippen LogP contribution in [0.5, 0.6) is 0 Å². The van der Waals surface area contributed by atoms with Gasteiger partial charge in [0.25, 0.3) is 23.3 Å². The zero-order chi connectivity index (χ0) is 32.4. The molecular formula is C33H32Cl2N6O4. The van der Waals surface area contributed by atoms with Crippen LogP contribution in [0, 0.1) is 0 Å². The molecule has 0 bridgehead atoms. The maximum Gasteiger partial charge on any atom is 0.263 e. The number of hydrogen-bond acceptors (Lipinski definition) is 6. The molecule has 0 fully saturated rings. The summed E-state index contributed by atoms with van der Waals surface area (Å²) in [6, 6.07) is 17.9. The molecule has 0 radical (unpaired) electrons. The molecule has 1 aliphatic heterocycles. The molecule has 0 spiro atoms. The predicted molar refractivity (Wildman–Crippen MR) is 175 cm³/mol. The van der Waals surface area contributed by atoms with E-state index >= 15 is 0 Å². The summed E-state index contributed by atoms with van der Waals surface area (Å²) in [5.74, 6) is -0.417. The molecule has 0 aliphatic carbocycles. The van der Waals surface area contributed by atoms with Crippen LogP contribution in [0.4, 0.5) is 5.95 Å². The Morgan fingerprint density at radius 3 is 2.02 bits per heavy atom. The van der Waals surface area contributed by atoms with Crippen LogP contribution in [-0.2, 0) is 13.0 Å². The number of benzene rings is 3. The first kappa shape index (κ1) is 31.7. The highest BCUT2D eigenvalue weighted by atomic mass is 35.5. The number of aromatic nitrogens is 2. The van der Waals surface area contributed by atoms with Gasteiger partial charge in [-0.1, -0.05) is 35.3 Å². The minimum atomic E-state index is -0.318. The minimum absolute atomic E-state index is 0.116. The van der Waals surface area contributed by atoms with Crippen molar-refractivity contribution in [3.05, 3.63) is 121 Å². The van der Waals surface area contributed by atoms with E-state index in [9.17, 15) is 19.2 Å². The summed E-state index contributed by atoms with van der Waals surface area (Å²) >= 11 is 12.3. The second kappa shape index (κ2) is 13.1. The average Bonchev–Trinajstić information content (AvgIpc) is 3.05. The van der Waals surface area contributed by atoms with E-state index in [0.29, 0.717) is 45.1 Å². The quantitative estimate of drug-likeness (QED) is 0.259. The smallest absolute Gasteiger partial charge is 0.263 e. The lowest BCUT2D eigenvalue weighted by Crippen LogP contribution is -2.46. The molecule has 1 aromatic heterocycles. The number of nitrogens with one attached hydrogen (secondary N) is 3. The first-order valence-electron chi connectivity index (χ1n) is 14.3. The lowest BCUT2D eigenvalue weighted by Gasteiger charge is -2.35. The highest BCUT2D eigenvalue weighted by Gasteiger charge is 2.32. The summed E-state index contributed by atoms with van der Waals surface area (Å²) in [4.78, 5) is 58.5. The van der Waals surface area contributed by atoms with Crippen LogP contribution < -0.4 is 21.5 Å². The molecule has 232 valence electrons. The van der Waals surface area contributed by atoms with Gasteiger partial charge in [0, 0.05) is 42.4 Å². The van der Waals surface area contributed by atoms with Crippen LogP contribution in [0.3, 0.4) is 0 Å². The molecule has 5 rings (SSSR count). The van der Waals surface area contributed by atoms with Gasteiger partial charge in [-0.05, 0) is 80.4 Å². The molecule has 4 aromatic rings. The molecule has 2 heterocycles. The third kappa shape index (κ3) is 6.43. The van der Waals surface area contributed by atoms with Gasteiger partial charge in [-0.25, -0.2) is 9.55 Å². The van der Waals surface area contributed by atoms with Gasteiger partial charge in [0.05, 0.1) is 34.0 Å². The van der Waals surface area contributed by atoms with Crippen molar-refractivity contribution in [2.45, 2.75) is 38.9 Å². The van der Waals surface area contributed by atoms with E-state index in [4.69, 9.17) is 28.2 Å². The van der Waals surface area contributed by atoms with Gasteiger partial charge in [-0.3, -0.25) is 19.2 Å². The average molecular weight is 648 g/mol. The molecule has 45 heavy (non-hydrogen) atoms. The van der Waals surface area contributed by atoms with Gasteiger partial charge < -0.3 is 20.9 Å². The van der Waals surface area contributed by atoms with Gasteiger partial charge in [0.15, 0.2) is 0 Å². The van der Waals surface area contributed by atoms with Crippen molar-refractivity contribution >= 4 is 46.9 Å². The second-order valence-corrected chi connectivity index (χ2v) is 11.6. The van der Waals surface area contributed by atoms with E-state index in [2.05, 4.69) is 16.0 Å². The molecule has 3 N–H and O–H groups in total. The molecule has 12 heteroatoms. The number of carbonyl (C=O) groups is 3. The van der Waals surface area contributed by atoms with Gasteiger partial charge in [0.1, 0.15) is 0 Å². The number of halogens is 2. The van der Waals surface area contributed by atoms with Gasteiger partial charge >= 0.3 is 0 Å². The Kier molecular flexibility index (Phi) is 9.27. The topological polar surface area (TPSA) is 125 Å². The molecule has 2 atom stereocenters. The van der Waals surface area contributed by atoms with E-state index in [1.54, 1.807) is 67.5 Å². The third-order valence-electron chi connectivity index (χ3n) is 7.90. The van der Waals surface area contributed by atoms with Crippen LogP contribution in [-0.4, -0.2) is 52.3 Å². The third-order valence-corrected chi connectivity index (χ3v) is 8.64. The Balaban J connectivity index is 1.55. The van der Waals surface area contributed by atoms with E-state index in [1.807, 2.05) is 26.0 Å². The summed E-state index contributed by atoms with van der Waals surface area (Å²) < 4.78 is 1.49. The molecule has 3 amide bonds. The van der Waals surface area contributed by atoms with E-state index in [0.717, 1.165) is 5.56 Å². The van der Waals surface area contributed by atoms with Gasteiger partial charge in [0.2, 0.25) is 5.95 Å². The number of rotatable bonds is 7. The first-order chi connectivity index (χ1) is 21.5. The Labute approximate surface area is 270 Å². The first-order valence-corrected chi connectivity index (χ1v) is 15.1. The SMILES string of the molecule is CNC(=O)c1ccc(C(C)Nc2nc3c(c(=O)n2-c2ccc(C(=O)NC)cc2)C[C@@H](C)N(C(=O)c2ccc(Cl)c(Cl)c2)C3)cc1. The summed E-state index contributed by atoms with van der Waals surface area (Å²) in [5.41, 5.74) is 3.45.